The molecule has 0 saturated carbocycles. The number of unbranched alkanes of at least 4 members (excludes halogenated alkanes) is 1. The van der Waals surface area contributed by atoms with E-state index in [9.17, 15) is 0 Å². The van der Waals surface area contributed by atoms with E-state index in [1.165, 1.54) is 38.9 Å². The Labute approximate surface area is 82.1 Å². The Kier molecular flexibility index (Phi) is 5.35. The Morgan fingerprint density at radius 2 is 2.08 bits per heavy atom. The van der Waals surface area contributed by atoms with Crippen molar-refractivity contribution in [2.75, 3.05) is 32.8 Å². The molecule has 0 unspecified atom stereocenters. The molecular formula is C10H23N3. The molecule has 0 aliphatic carbocycles. The van der Waals surface area contributed by atoms with Gasteiger partial charge in [-0.3, -0.25) is 0 Å². The van der Waals surface area contributed by atoms with Gasteiger partial charge in [0, 0.05) is 26.2 Å². The second-order valence-electron chi connectivity index (χ2n) is 3.70. The van der Waals surface area contributed by atoms with Crippen LogP contribution in [0.15, 0.2) is 0 Å². The largest absolute Gasteiger partial charge is 0.302 e. The number of rotatable bonds is 6. The Bertz CT molecular complexity index is 121. The minimum atomic E-state index is 1.05. The van der Waals surface area contributed by atoms with Gasteiger partial charge in [-0.15, -0.1) is 0 Å². The molecule has 0 radical (unpaired) electrons. The summed E-state index contributed by atoms with van der Waals surface area (Å²) in [7, 11) is 0. The third-order valence-electron chi connectivity index (χ3n) is 2.49. The highest BCUT2D eigenvalue weighted by Crippen LogP contribution is 2.04. The molecule has 0 bridgehead atoms. The van der Waals surface area contributed by atoms with E-state index in [0.29, 0.717) is 0 Å². The summed E-state index contributed by atoms with van der Waals surface area (Å²) >= 11 is 0. The molecule has 1 rings (SSSR count). The van der Waals surface area contributed by atoms with Crippen molar-refractivity contribution in [1.29, 1.82) is 0 Å². The van der Waals surface area contributed by atoms with Crippen molar-refractivity contribution >= 4 is 0 Å². The molecule has 1 N–H and O–H groups in total. The van der Waals surface area contributed by atoms with Crippen LogP contribution >= 0.6 is 0 Å². The highest BCUT2D eigenvalue weighted by atomic mass is 15.7. The average Bonchev–Trinajstić information content (AvgIpc) is 2.65. The van der Waals surface area contributed by atoms with Crippen molar-refractivity contribution in [3.05, 3.63) is 0 Å². The fourth-order valence-corrected chi connectivity index (χ4v) is 1.73. The number of hydrogen-bond donors (Lipinski definition) is 1. The van der Waals surface area contributed by atoms with Crippen molar-refractivity contribution < 1.29 is 0 Å². The smallest absolute Gasteiger partial charge is 0.0624 e. The molecule has 1 aliphatic heterocycles. The zero-order valence-corrected chi connectivity index (χ0v) is 9.05. The zero-order valence-electron chi connectivity index (χ0n) is 9.05. The zero-order chi connectivity index (χ0) is 9.52. The van der Waals surface area contributed by atoms with Gasteiger partial charge in [0.25, 0.3) is 0 Å². The maximum absolute atomic E-state index is 3.37. The van der Waals surface area contributed by atoms with E-state index in [1.807, 2.05) is 0 Å². The van der Waals surface area contributed by atoms with Gasteiger partial charge in [-0.25, -0.2) is 10.0 Å². The fraction of sp³-hybridized carbons (Fsp3) is 1.00. The van der Waals surface area contributed by atoms with E-state index in [4.69, 9.17) is 0 Å². The maximum Gasteiger partial charge on any atom is 0.0624 e. The molecule has 0 amide bonds. The van der Waals surface area contributed by atoms with Crippen molar-refractivity contribution in [2.45, 2.75) is 33.1 Å². The second-order valence-corrected chi connectivity index (χ2v) is 3.70. The molecule has 0 spiro atoms. The SMILES string of the molecule is CCCCN(CCC)N1CCNC1. The number of nitrogens with zero attached hydrogens (tertiary/aromatic N) is 2. The van der Waals surface area contributed by atoms with Crippen LogP contribution in [-0.4, -0.2) is 42.9 Å². The normalized spacial score (nSPS) is 18.7. The summed E-state index contributed by atoms with van der Waals surface area (Å²) in [4.78, 5) is 0. The first-order chi connectivity index (χ1) is 6.38. The Balaban J connectivity index is 2.26. The van der Waals surface area contributed by atoms with Crippen LogP contribution in [0.25, 0.3) is 0 Å². The van der Waals surface area contributed by atoms with E-state index in [-0.39, 0.29) is 0 Å². The quantitative estimate of drug-likeness (QED) is 0.672. The molecule has 0 aromatic carbocycles. The van der Waals surface area contributed by atoms with Crippen molar-refractivity contribution in [2.24, 2.45) is 0 Å². The van der Waals surface area contributed by atoms with Crippen LogP contribution in [0.2, 0.25) is 0 Å². The van der Waals surface area contributed by atoms with Gasteiger partial charge in [-0.05, 0) is 12.8 Å². The van der Waals surface area contributed by atoms with Crippen LogP contribution in [0.5, 0.6) is 0 Å². The van der Waals surface area contributed by atoms with Gasteiger partial charge >= 0.3 is 0 Å². The highest BCUT2D eigenvalue weighted by molar-refractivity contribution is 4.65. The van der Waals surface area contributed by atoms with Crippen molar-refractivity contribution in [1.82, 2.24) is 15.3 Å². The maximum atomic E-state index is 3.37. The van der Waals surface area contributed by atoms with Gasteiger partial charge in [0.1, 0.15) is 0 Å². The lowest BCUT2D eigenvalue weighted by atomic mass is 10.3. The molecule has 0 aromatic heterocycles. The molecule has 1 heterocycles. The van der Waals surface area contributed by atoms with Gasteiger partial charge in [-0.1, -0.05) is 20.3 Å². The monoisotopic (exact) mass is 185 g/mol. The van der Waals surface area contributed by atoms with Crippen LogP contribution in [0.4, 0.5) is 0 Å². The number of hydrazine groups is 1. The van der Waals surface area contributed by atoms with E-state index in [2.05, 4.69) is 29.2 Å². The first-order valence-electron chi connectivity index (χ1n) is 5.59. The van der Waals surface area contributed by atoms with Crippen LogP contribution in [0.1, 0.15) is 33.1 Å². The molecule has 1 aliphatic rings. The molecule has 78 valence electrons. The fourth-order valence-electron chi connectivity index (χ4n) is 1.73. The van der Waals surface area contributed by atoms with E-state index >= 15 is 0 Å². The summed E-state index contributed by atoms with van der Waals surface area (Å²) in [5.41, 5.74) is 0. The summed E-state index contributed by atoms with van der Waals surface area (Å²) in [6.45, 7) is 10.3. The Hall–Kier alpha value is -0.120. The molecule has 3 nitrogen and oxygen atoms in total. The lowest BCUT2D eigenvalue weighted by Gasteiger charge is -2.30. The standard InChI is InChI=1S/C10H23N3/c1-3-5-8-12(7-4-2)13-9-6-11-10-13/h11H,3-10H2,1-2H3. The second kappa shape index (κ2) is 6.35. The highest BCUT2D eigenvalue weighted by Gasteiger charge is 2.17. The van der Waals surface area contributed by atoms with Gasteiger partial charge in [-0.2, -0.15) is 0 Å². The summed E-state index contributed by atoms with van der Waals surface area (Å²) in [6.07, 6.45) is 3.86. The first kappa shape index (κ1) is 11.0. The van der Waals surface area contributed by atoms with Crippen molar-refractivity contribution in [3.63, 3.8) is 0 Å². The lowest BCUT2D eigenvalue weighted by molar-refractivity contribution is -0.00535. The molecule has 0 atom stereocenters. The van der Waals surface area contributed by atoms with Crippen LogP contribution < -0.4 is 5.32 Å². The minimum absolute atomic E-state index is 1.05. The summed E-state index contributed by atoms with van der Waals surface area (Å²) in [5.74, 6) is 0. The number of nitrogens with one attached hydrogen (secondary N) is 1. The Morgan fingerprint density at radius 3 is 2.62 bits per heavy atom. The summed E-state index contributed by atoms with van der Waals surface area (Å²) in [6, 6.07) is 0. The minimum Gasteiger partial charge on any atom is -0.302 e. The topological polar surface area (TPSA) is 18.5 Å². The molecule has 13 heavy (non-hydrogen) atoms. The summed E-state index contributed by atoms with van der Waals surface area (Å²) < 4.78 is 0. The van der Waals surface area contributed by atoms with Crippen LogP contribution in [0, 0.1) is 0 Å². The average molecular weight is 185 g/mol. The third kappa shape index (κ3) is 3.63. The molecule has 1 saturated heterocycles. The predicted molar refractivity (Wildman–Crippen MR) is 56.3 cm³/mol. The van der Waals surface area contributed by atoms with Crippen LogP contribution in [-0.2, 0) is 0 Å². The number of hydrogen-bond acceptors (Lipinski definition) is 3. The van der Waals surface area contributed by atoms with Crippen molar-refractivity contribution in [3.8, 4) is 0 Å². The molecule has 3 heteroatoms. The lowest BCUT2D eigenvalue weighted by Crippen LogP contribution is -2.42. The Morgan fingerprint density at radius 1 is 1.23 bits per heavy atom. The van der Waals surface area contributed by atoms with Gasteiger partial charge < -0.3 is 5.32 Å². The predicted octanol–water partition coefficient (Wildman–Crippen LogP) is 1.28. The third-order valence-corrected chi connectivity index (χ3v) is 2.49. The molecular weight excluding hydrogens is 162 g/mol. The van der Waals surface area contributed by atoms with Gasteiger partial charge in [0.15, 0.2) is 0 Å². The van der Waals surface area contributed by atoms with Gasteiger partial charge in [0.05, 0.1) is 6.67 Å². The summed E-state index contributed by atoms with van der Waals surface area (Å²) in [5, 5.41) is 8.32. The van der Waals surface area contributed by atoms with E-state index in [0.717, 1.165) is 13.2 Å². The molecule has 0 aromatic rings. The van der Waals surface area contributed by atoms with Gasteiger partial charge in [0.2, 0.25) is 0 Å². The molecule has 1 fully saturated rings. The van der Waals surface area contributed by atoms with E-state index in [1.54, 1.807) is 0 Å². The van der Waals surface area contributed by atoms with E-state index < -0.39 is 0 Å². The first-order valence-corrected chi connectivity index (χ1v) is 5.59. The van der Waals surface area contributed by atoms with Crippen LogP contribution in [0.3, 0.4) is 0 Å².